The number of para-hydroxylation sites is 2. The van der Waals surface area contributed by atoms with Gasteiger partial charge in [-0.1, -0.05) is 132 Å². The zero-order valence-electron chi connectivity index (χ0n) is 30.5. The first-order valence-corrected chi connectivity index (χ1v) is 19.3. The molecule has 2 aliphatic heterocycles. The molecule has 5 heteroatoms. The molecular weight excluding hydrogens is 691 g/mol. The van der Waals surface area contributed by atoms with Crippen molar-refractivity contribution in [2.24, 2.45) is 0 Å². The summed E-state index contributed by atoms with van der Waals surface area (Å²) in [4.78, 5) is 3.68. The van der Waals surface area contributed by atoms with Crippen LogP contribution < -0.4 is 16.4 Å². The molecule has 13 rings (SSSR count). The van der Waals surface area contributed by atoms with Gasteiger partial charge in [0.1, 0.15) is 0 Å². The third-order valence-electron chi connectivity index (χ3n) is 12.7. The molecule has 0 radical (unpaired) electrons. The van der Waals surface area contributed by atoms with Crippen molar-refractivity contribution in [2.45, 2.75) is 0 Å². The molecule has 57 heavy (non-hydrogen) atoms. The van der Waals surface area contributed by atoms with Crippen molar-refractivity contribution in [2.75, 3.05) is 0 Å². The number of benzene rings is 9. The number of fused-ring (bicyclic) bond motifs is 12. The highest BCUT2D eigenvalue weighted by atomic mass is 15.0. The highest BCUT2D eigenvalue weighted by molar-refractivity contribution is 7.01. The summed E-state index contributed by atoms with van der Waals surface area (Å²) in [6.07, 6.45) is 0. The third-order valence-corrected chi connectivity index (χ3v) is 12.7. The van der Waals surface area contributed by atoms with E-state index in [0.29, 0.717) is 11.3 Å². The van der Waals surface area contributed by atoms with Gasteiger partial charge in [0.25, 0.3) is 0 Å². The van der Waals surface area contributed by atoms with E-state index in [1.165, 1.54) is 92.8 Å². The van der Waals surface area contributed by atoms with Crippen molar-refractivity contribution in [3.05, 3.63) is 181 Å². The van der Waals surface area contributed by atoms with Gasteiger partial charge < -0.3 is 9.13 Å². The summed E-state index contributed by atoms with van der Waals surface area (Å²) >= 11 is 0. The lowest BCUT2D eigenvalue weighted by atomic mass is 9.31. The second kappa shape index (κ2) is 10.9. The van der Waals surface area contributed by atoms with Crippen molar-refractivity contribution in [1.82, 2.24) is 9.13 Å². The molecule has 9 aromatic carbocycles. The standard InChI is InChI=1S/C52H27BN4/c1-55-31-21-25-33(26-22-31)57-47-18-5-3-10-35(47)43-28-45-49-37(12-7-16-41(49)52(43)57)39-14-8-13-38-36-11-6-15-40-48(36)44(53(45)50(38)39)27-42-34-9-2-4-17-46(34)56(51(40)42)32-23-19-30(29-54)20-24-32/h2-28H. The Bertz CT molecular complexity index is 3460. The lowest BCUT2D eigenvalue weighted by Gasteiger charge is -2.34. The molecule has 11 aromatic rings. The number of nitriles is 1. The molecule has 0 saturated carbocycles. The highest BCUT2D eigenvalue weighted by Crippen LogP contribution is 2.45. The molecule has 0 bridgehead atoms. The van der Waals surface area contributed by atoms with E-state index in [2.05, 4.69) is 160 Å². The molecular formula is C52H27BN4. The first-order valence-electron chi connectivity index (χ1n) is 19.3. The van der Waals surface area contributed by atoms with E-state index in [1.807, 2.05) is 24.3 Å². The average Bonchev–Trinajstić information content (AvgIpc) is 3.79. The Balaban J connectivity index is 1.19. The monoisotopic (exact) mass is 718 g/mol. The van der Waals surface area contributed by atoms with Crippen LogP contribution >= 0.6 is 0 Å². The SMILES string of the molecule is [C-]#[N+]c1ccc(-n2c3ccccc3c3cc4c5c(cccc5c32)-c2cccc3c2B4c2cc4c5ccccc5n(-c5ccc(C#N)cc5)c4c4cccc-3c24)cc1. The molecule has 0 fully saturated rings. The fraction of sp³-hybridized carbons (Fsp3) is 0. The molecule has 4 nitrogen and oxygen atoms in total. The number of hydrogen-bond donors (Lipinski definition) is 0. The number of hydrogen-bond acceptors (Lipinski definition) is 1. The number of rotatable bonds is 2. The van der Waals surface area contributed by atoms with Gasteiger partial charge in [-0.15, -0.1) is 0 Å². The van der Waals surface area contributed by atoms with Crippen LogP contribution in [0.5, 0.6) is 0 Å². The van der Waals surface area contributed by atoms with Gasteiger partial charge in [0, 0.05) is 43.7 Å². The summed E-state index contributed by atoms with van der Waals surface area (Å²) < 4.78 is 4.78. The Kier molecular flexibility index (Phi) is 5.82. The van der Waals surface area contributed by atoms with Crippen molar-refractivity contribution >= 4 is 93.9 Å². The lowest BCUT2D eigenvalue weighted by molar-refractivity contribution is 1.18. The maximum Gasteiger partial charge on any atom is 0.244 e. The number of nitrogens with zero attached hydrogens (tertiary/aromatic N) is 4. The quantitative estimate of drug-likeness (QED) is 0.130. The van der Waals surface area contributed by atoms with E-state index in [-0.39, 0.29) is 6.71 Å². The first-order chi connectivity index (χ1) is 28.2. The van der Waals surface area contributed by atoms with E-state index in [4.69, 9.17) is 6.57 Å². The summed E-state index contributed by atoms with van der Waals surface area (Å²) in [6.45, 7) is 7.59. The molecule has 2 aromatic heterocycles. The predicted molar refractivity (Wildman–Crippen MR) is 237 cm³/mol. The maximum absolute atomic E-state index is 9.62. The van der Waals surface area contributed by atoms with E-state index >= 15 is 0 Å². The highest BCUT2D eigenvalue weighted by Gasteiger charge is 2.40. The van der Waals surface area contributed by atoms with Crippen molar-refractivity contribution in [3.63, 3.8) is 0 Å². The summed E-state index contributed by atoms with van der Waals surface area (Å²) in [5, 5.41) is 19.6. The van der Waals surface area contributed by atoms with Crippen molar-refractivity contribution in [1.29, 1.82) is 5.26 Å². The van der Waals surface area contributed by atoms with Gasteiger partial charge in [0.2, 0.25) is 6.71 Å². The minimum Gasteiger partial charge on any atom is -0.309 e. The van der Waals surface area contributed by atoms with Crippen molar-refractivity contribution < 1.29 is 0 Å². The van der Waals surface area contributed by atoms with E-state index in [1.54, 1.807) is 0 Å². The minimum atomic E-state index is 0.0110. The van der Waals surface area contributed by atoms with Gasteiger partial charge in [-0.25, -0.2) is 4.85 Å². The summed E-state index contributed by atoms with van der Waals surface area (Å²) in [6, 6.07) is 61.3. The predicted octanol–water partition coefficient (Wildman–Crippen LogP) is 11.1. The topological polar surface area (TPSA) is 38.0 Å². The molecule has 4 heterocycles. The molecule has 258 valence electrons. The van der Waals surface area contributed by atoms with Crippen LogP contribution in [0.2, 0.25) is 0 Å². The van der Waals surface area contributed by atoms with Crippen LogP contribution in [0, 0.1) is 17.9 Å². The van der Waals surface area contributed by atoms with Crippen LogP contribution in [0.15, 0.2) is 164 Å². The minimum absolute atomic E-state index is 0.0110. The average molecular weight is 719 g/mol. The van der Waals surface area contributed by atoms with Crippen LogP contribution in [0.4, 0.5) is 5.69 Å². The third kappa shape index (κ3) is 3.80. The fourth-order valence-electron chi connectivity index (χ4n) is 10.6. The first kappa shape index (κ1) is 30.5. The van der Waals surface area contributed by atoms with E-state index < -0.39 is 0 Å². The van der Waals surface area contributed by atoms with Gasteiger partial charge in [-0.05, 0) is 81.6 Å². The Hall–Kier alpha value is -7.86. The van der Waals surface area contributed by atoms with Crippen LogP contribution in [0.25, 0.3) is 104 Å². The normalized spacial score (nSPS) is 12.5. The van der Waals surface area contributed by atoms with Gasteiger partial charge in [0.15, 0.2) is 5.69 Å². The van der Waals surface area contributed by atoms with Crippen LogP contribution in [0.3, 0.4) is 0 Å². The Morgan fingerprint density at radius 3 is 1.44 bits per heavy atom. The summed E-state index contributed by atoms with van der Waals surface area (Å²) in [7, 11) is 0. The van der Waals surface area contributed by atoms with Gasteiger partial charge in [0.05, 0.1) is 40.3 Å². The second-order valence-corrected chi connectivity index (χ2v) is 15.4. The van der Waals surface area contributed by atoms with Crippen molar-refractivity contribution in [3.8, 4) is 39.7 Å². The maximum atomic E-state index is 9.62. The molecule has 0 N–H and O–H groups in total. The van der Waals surface area contributed by atoms with Gasteiger partial charge >= 0.3 is 0 Å². The molecule has 0 amide bonds. The summed E-state index contributed by atoms with van der Waals surface area (Å²) in [5.41, 5.74) is 17.2. The Morgan fingerprint density at radius 2 is 0.930 bits per heavy atom. The Morgan fingerprint density at radius 1 is 0.474 bits per heavy atom. The van der Waals surface area contributed by atoms with Gasteiger partial charge in [-0.3, -0.25) is 0 Å². The molecule has 0 unspecified atom stereocenters. The zero-order chi connectivity index (χ0) is 37.5. The molecule has 0 atom stereocenters. The van der Waals surface area contributed by atoms with Crippen LogP contribution in [0.1, 0.15) is 5.56 Å². The second-order valence-electron chi connectivity index (χ2n) is 15.4. The largest absolute Gasteiger partial charge is 0.309 e. The fourth-order valence-corrected chi connectivity index (χ4v) is 10.6. The zero-order valence-corrected chi connectivity index (χ0v) is 30.5. The van der Waals surface area contributed by atoms with E-state index in [0.717, 1.165) is 22.4 Å². The molecule has 0 spiro atoms. The summed E-state index contributed by atoms with van der Waals surface area (Å²) in [5.74, 6) is 0. The smallest absolute Gasteiger partial charge is 0.244 e. The lowest BCUT2D eigenvalue weighted by Crippen LogP contribution is -2.57. The van der Waals surface area contributed by atoms with E-state index in [9.17, 15) is 5.26 Å². The van der Waals surface area contributed by atoms with Crippen LogP contribution in [-0.4, -0.2) is 15.8 Å². The van der Waals surface area contributed by atoms with Crippen LogP contribution in [-0.2, 0) is 0 Å². The molecule has 2 aliphatic rings. The Labute approximate surface area is 327 Å². The number of aromatic nitrogens is 2. The molecule has 0 saturated heterocycles. The van der Waals surface area contributed by atoms with Gasteiger partial charge in [-0.2, -0.15) is 5.26 Å². The molecule has 0 aliphatic carbocycles.